The Bertz CT molecular complexity index is 428. The van der Waals surface area contributed by atoms with Crippen molar-refractivity contribution in [1.29, 1.82) is 0 Å². The van der Waals surface area contributed by atoms with Crippen LogP contribution < -0.4 is 5.73 Å². The smallest absolute Gasteiger partial charge is 0.133 e. The van der Waals surface area contributed by atoms with Gasteiger partial charge in [-0.25, -0.2) is 8.78 Å². The predicted octanol–water partition coefficient (Wildman–Crippen LogP) is 3.41. The Hall–Kier alpha value is -0.960. The molecule has 1 aliphatic carbocycles. The molecule has 1 fully saturated rings. The number of hydrogen-bond acceptors (Lipinski definition) is 1. The van der Waals surface area contributed by atoms with Gasteiger partial charge in [-0.1, -0.05) is 12.1 Å². The molecule has 0 saturated heterocycles. The molecule has 0 radical (unpaired) electrons. The molecule has 0 aromatic heterocycles. The number of nitrogens with two attached hydrogens (primary N) is 1. The average molecular weight is 239 g/mol. The summed E-state index contributed by atoms with van der Waals surface area (Å²) in [7, 11) is 0. The van der Waals surface area contributed by atoms with Crippen LogP contribution >= 0.6 is 0 Å². The Morgan fingerprint density at radius 2 is 1.94 bits per heavy atom. The summed E-state index contributed by atoms with van der Waals surface area (Å²) in [5.74, 6) is -0.470. The Morgan fingerprint density at radius 1 is 1.35 bits per heavy atom. The number of halogens is 2. The molecule has 0 amide bonds. The fourth-order valence-corrected chi connectivity index (χ4v) is 2.65. The Kier molecular flexibility index (Phi) is 2.77. The van der Waals surface area contributed by atoms with Crippen LogP contribution in [0.4, 0.5) is 8.78 Å². The van der Waals surface area contributed by atoms with Gasteiger partial charge in [0.1, 0.15) is 11.5 Å². The molecule has 3 heteroatoms. The quantitative estimate of drug-likeness (QED) is 0.859. The first-order valence-electron chi connectivity index (χ1n) is 6.03. The van der Waals surface area contributed by atoms with Crippen molar-refractivity contribution in [2.24, 2.45) is 5.73 Å². The summed E-state index contributed by atoms with van der Waals surface area (Å²) in [6.45, 7) is 4.70. The highest BCUT2D eigenvalue weighted by Gasteiger charge is 2.50. The lowest BCUT2D eigenvalue weighted by atomic mass is 9.81. The van der Waals surface area contributed by atoms with Crippen molar-refractivity contribution in [2.75, 3.05) is 0 Å². The van der Waals surface area contributed by atoms with Crippen LogP contribution in [-0.4, -0.2) is 6.04 Å². The van der Waals surface area contributed by atoms with E-state index in [-0.39, 0.29) is 17.0 Å². The third-order valence-electron chi connectivity index (χ3n) is 3.80. The van der Waals surface area contributed by atoms with Crippen LogP contribution in [-0.2, 0) is 11.1 Å². The van der Waals surface area contributed by atoms with E-state index >= 15 is 0 Å². The number of benzene rings is 1. The molecule has 2 N–H and O–H groups in total. The van der Waals surface area contributed by atoms with Gasteiger partial charge in [-0.05, 0) is 45.2 Å². The molecule has 0 bridgehead atoms. The van der Waals surface area contributed by atoms with Gasteiger partial charge in [-0.3, -0.25) is 0 Å². The molecule has 1 nitrogen and oxygen atoms in total. The van der Waals surface area contributed by atoms with Crippen LogP contribution in [0.2, 0.25) is 0 Å². The second-order valence-corrected chi connectivity index (χ2v) is 5.58. The van der Waals surface area contributed by atoms with E-state index in [1.165, 1.54) is 19.9 Å². The molecule has 0 heterocycles. The predicted molar refractivity (Wildman–Crippen MR) is 65.1 cm³/mol. The lowest BCUT2D eigenvalue weighted by molar-refractivity contribution is 0.210. The zero-order valence-electron chi connectivity index (χ0n) is 10.6. The number of hydrogen-bond donors (Lipinski definition) is 1. The summed E-state index contributed by atoms with van der Waals surface area (Å²) in [6, 6.07) is 4.70. The van der Waals surface area contributed by atoms with Crippen molar-refractivity contribution in [3.63, 3.8) is 0 Å². The Morgan fingerprint density at radius 3 is 2.35 bits per heavy atom. The van der Waals surface area contributed by atoms with Crippen LogP contribution in [0.25, 0.3) is 0 Å². The van der Waals surface area contributed by atoms with Crippen LogP contribution in [0.3, 0.4) is 0 Å². The van der Waals surface area contributed by atoms with Gasteiger partial charge in [-0.2, -0.15) is 0 Å². The van der Waals surface area contributed by atoms with Gasteiger partial charge in [0.2, 0.25) is 0 Å². The number of alkyl halides is 1. The summed E-state index contributed by atoms with van der Waals surface area (Å²) in [6.07, 6.45) is 1.83. The lowest BCUT2D eigenvalue weighted by Crippen LogP contribution is -2.34. The van der Waals surface area contributed by atoms with E-state index in [1.807, 2.05) is 13.0 Å². The summed E-state index contributed by atoms with van der Waals surface area (Å²) < 4.78 is 28.1. The second-order valence-electron chi connectivity index (χ2n) is 5.58. The molecule has 0 aliphatic heterocycles. The SMILES string of the molecule is CC(N)C1(c2cccc(F)c2C(C)(C)F)CC1. The van der Waals surface area contributed by atoms with Crippen molar-refractivity contribution >= 4 is 0 Å². The minimum atomic E-state index is -1.68. The maximum Gasteiger partial charge on any atom is 0.133 e. The highest BCUT2D eigenvalue weighted by Crippen LogP contribution is 2.53. The molecule has 2 rings (SSSR count). The first-order chi connectivity index (χ1) is 7.79. The zero-order chi connectivity index (χ0) is 12.8. The Labute approximate surface area is 101 Å². The summed E-state index contributed by atoms with van der Waals surface area (Å²) in [4.78, 5) is 0. The first-order valence-corrected chi connectivity index (χ1v) is 6.03. The van der Waals surface area contributed by atoms with E-state index in [2.05, 4.69) is 0 Å². The van der Waals surface area contributed by atoms with Gasteiger partial charge < -0.3 is 5.73 Å². The van der Waals surface area contributed by atoms with Crippen LogP contribution in [0.15, 0.2) is 18.2 Å². The van der Waals surface area contributed by atoms with Crippen molar-refractivity contribution in [3.05, 3.63) is 35.1 Å². The molecule has 1 aromatic carbocycles. The summed E-state index contributed by atoms with van der Waals surface area (Å²) in [5, 5.41) is 0. The molecule has 1 aliphatic rings. The van der Waals surface area contributed by atoms with E-state index in [4.69, 9.17) is 5.73 Å². The van der Waals surface area contributed by atoms with Gasteiger partial charge in [-0.15, -0.1) is 0 Å². The van der Waals surface area contributed by atoms with Crippen molar-refractivity contribution in [2.45, 2.75) is 50.7 Å². The van der Waals surface area contributed by atoms with Crippen molar-refractivity contribution in [1.82, 2.24) is 0 Å². The van der Waals surface area contributed by atoms with Crippen molar-refractivity contribution in [3.8, 4) is 0 Å². The van der Waals surface area contributed by atoms with E-state index in [9.17, 15) is 8.78 Å². The highest BCUT2D eigenvalue weighted by molar-refractivity contribution is 5.43. The van der Waals surface area contributed by atoms with Crippen molar-refractivity contribution < 1.29 is 8.78 Å². The topological polar surface area (TPSA) is 26.0 Å². The van der Waals surface area contributed by atoms with E-state index in [1.54, 1.807) is 6.07 Å². The van der Waals surface area contributed by atoms with E-state index < -0.39 is 11.5 Å². The minimum absolute atomic E-state index is 0.0783. The van der Waals surface area contributed by atoms with Gasteiger partial charge in [0.15, 0.2) is 0 Å². The van der Waals surface area contributed by atoms with E-state index in [0.29, 0.717) is 0 Å². The standard InChI is InChI=1S/C14H19F2N/c1-9(17)14(7-8-14)10-5-4-6-11(15)12(10)13(2,3)16/h4-6,9H,7-8,17H2,1-3H3. The van der Waals surface area contributed by atoms with Crippen LogP contribution in [0, 0.1) is 5.82 Å². The van der Waals surface area contributed by atoms with Gasteiger partial charge in [0.25, 0.3) is 0 Å². The largest absolute Gasteiger partial charge is 0.327 e. The maximum absolute atomic E-state index is 14.2. The molecule has 94 valence electrons. The minimum Gasteiger partial charge on any atom is -0.327 e. The summed E-state index contributed by atoms with van der Waals surface area (Å²) in [5.41, 5.74) is 5.01. The summed E-state index contributed by atoms with van der Waals surface area (Å²) >= 11 is 0. The zero-order valence-corrected chi connectivity index (χ0v) is 10.6. The van der Waals surface area contributed by atoms with Gasteiger partial charge >= 0.3 is 0 Å². The van der Waals surface area contributed by atoms with Gasteiger partial charge in [0.05, 0.1) is 0 Å². The monoisotopic (exact) mass is 239 g/mol. The third kappa shape index (κ3) is 1.97. The molecule has 17 heavy (non-hydrogen) atoms. The highest BCUT2D eigenvalue weighted by atomic mass is 19.1. The fraction of sp³-hybridized carbons (Fsp3) is 0.571. The first kappa shape index (κ1) is 12.5. The maximum atomic E-state index is 14.2. The molecule has 1 unspecified atom stereocenters. The Balaban J connectivity index is 2.60. The normalized spacial score (nSPS) is 20.1. The van der Waals surface area contributed by atoms with Gasteiger partial charge in [0, 0.05) is 17.0 Å². The number of rotatable bonds is 3. The molecular weight excluding hydrogens is 220 g/mol. The fourth-order valence-electron chi connectivity index (χ4n) is 2.65. The van der Waals surface area contributed by atoms with Crippen LogP contribution in [0.1, 0.15) is 44.7 Å². The molecule has 1 atom stereocenters. The molecule has 0 spiro atoms. The molecule has 1 saturated carbocycles. The molecular formula is C14H19F2N. The van der Waals surface area contributed by atoms with Crippen LogP contribution in [0.5, 0.6) is 0 Å². The third-order valence-corrected chi connectivity index (χ3v) is 3.80. The molecule has 1 aromatic rings. The average Bonchev–Trinajstić information content (AvgIpc) is 2.95. The second kappa shape index (κ2) is 3.77. The van der Waals surface area contributed by atoms with E-state index in [0.717, 1.165) is 18.4 Å². The lowest BCUT2D eigenvalue weighted by Gasteiger charge is -2.27.